The van der Waals surface area contributed by atoms with E-state index in [1.54, 1.807) is 11.8 Å². The number of hydrogen-bond acceptors (Lipinski definition) is 7. The topological polar surface area (TPSA) is 60.3 Å². The Balaban J connectivity index is 1.42. The Bertz CT molecular complexity index is 906. The van der Waals surface area contributed by atoms with Crippen molar-refractivity contribution in [3.63, 3.8) is 0 Å². The zero-order valence-electron chi connectivity index (χ0n) is 16.2. The Morgan fingerprint density at radius 3 is 2.69 bits per heavy atom. The number of ether oxygens (including phenoxy) is 1. The molecule has 29 heavy (non-hydrogen) atoms. The van der Waals surface area contributed by atoms with Crippen LogP contribution >= 0.6 is 23.1 Å². The average molecular weight is 429 g/mol. The Morgan fingerprint density at radius 2 is 1.93 bits per heavy atom. The molecule has 6 nitrogen and oxygen atoms in total. The van der Waals surface area contributed by atoms with Crippen LogP contribution in [0.4, 0.5) is 5.95 Å². The molecule has 1 aliphatic heterocycles. The molecule has 1 aliphatic rings. The minimum absolute atomic E-state index is 0.223. The third-order valence-electron chi connectivity index (χ3n) is 4.75. The van der Waals surface area contributed by atoms with Crippen molar-refractivity contribution in [2.75, 3.05) is 37.0 Å². The molecule has 0 radical (unpaired) electrons. The van der Waals surface area contributed by atoms with Crippen molar-refractivity contribution in [3.8, 4) is 0 Å². The number of hydrogen-bond donors (Lipinski definition) is 0. The molecule has 1 saturated heterocycles. The number of morpholine rings is 1. The number of nitrogens with zero attached hydrogens (tertiary/aromatic N) is 4. The average Bonchev–Trinajstić information content (AvgIpc) is 3.43. The van der Waals surface area contributed by atoms with Crippen molar-refractivity contribution >= 4 is 34.8 Å². The molecule has 8 heteroatoms. The fourth-order valence-corrected chi connectivity index (χ4v) is 4.81. The molecule has 0 saturated carbocycles. The molecule has 0 spiro atoms. The summed E-state index contributed by atoms with van der Waals surface area (Å²) >= 11 is 3.18. The maximum Gasteiger partial charge on any atom is 0.228 e. The molecule has 0 aliphatic carbocycles. The van der Waals surface area contributed by atoms with E-state index in [0.717, 1.165) is 47.8 Å². The van der Waals surface area contributed by atoms with Gasteiger partial charge in [0.15, 0.2) is 10.9 Å². The van der Waals surface area contributed by atoms with E-state index in [0.29, 0.717) is 19.6 Å². The number of Topliss-reactive ketones (excluding diaryl/α,β-unsaturated/α-hetero) is 1. The van der Waals surface area contributed by atoms with Gasteiger partial charge in [0.25, 0.3) is 0 Å². The van der Waals surface area contributed by atoms with Gasteiger partial charge in [-0.15, -0.1) is 21.5 Å². The first-order valence-electron chi connectivity index (χ1n) is 9.80. The van der Waals surface area contributed by atoms with Gasteiger partial charge < -0.3 is 9.64 Å². The van der Waals surface area contributed by atoms with Gasteiger partial charge in [-0.1, -0.05) is 48.2 Å². The minimum atomic E-state index is 0.223. The van der Waals surface area contributed by atoms with Gasteiger partial charge in [-0.05, 0) is 23.4 Å². The van der Waals surface area contributed by atoms with Gasteiger partial charge in [0, 0.05) is 25.3 Å². The van der Waals surface area contributed by atoms with Gasteiger partial charge in [-0.25, -0.2) is 0 Å². The summed E-state index contributed by atoms with van der Waals surface area (Å²) in [4.78, 5) is 15.3. The summed E-state index contributed by atoms with van der Waals surface area (Å²) in [5, 5.41) is 11.8. The highest BCUT2D eigenvalue weighted by molar-refractivity contribution is 7.99. The van der Waals surface area contributed by atoms with Crippen LogP contribution < -0.4 is 4.90 Å². The highest BCUT2D eigenvalue weighted by atomic mass is 32.2. The number of carbonyl (C=O) groups excluding carboxylic acids is 1. The van der Waals surface area contributed by atoms with E-state index < -0.39 is 0 Å². The molecule has 0 N–H and O–H groups in total. The number of anilines is 1. The van der Waals surface area contributed by atoms with Crippen LogP contribution in [-0.2, 0) is 11.3 Å². The number of benzene rings is 1. The van der Waals surface area contributed by atoms with Crippen LogP contribution in [0.2, 0.25) is 0 Å². The quantitative estimate of drug-likeness (QED) is 0.292. The second-order valence-corrected chi connectivity index (χ2v) is 8.82. The summed E-state index contributed by atoms with van der Waals surface area (Å²) in [5.41, 5.74) is 1.22. The zero-order chi connectivity index (χ0) is 19.9. The molecule has 3 aromatic rings. The maximum atomic E-state index is 12.2. The smallest absolute Gasteiger partial charge is 0.228 e. The van der Waals surface area contributed by atoms with Crippen LogP contribution in [-0.4, -0.2) is 52.6 Å². The van der Waals surface area contributed by atoms with E-state index in [-0.39, 0.29) is 5.78 Å². The molecular weight excluding hydrogens is 404 g/mol. The third kappa shape index (κ3) is 5.26. The lowest BCUT2D eigenvalue weighted by atomic mass is 10.2. The fraction of sp³-hybridized carbons (Fsp3) is 0.381. The number of thioether (sulfide) groups is 1. The van der Waals surface area contributed by atoms with Crippen molar-refractivity contribution in [2.24, 2.45) is 0 Å². The molecule has 152 valence electrons. The highest BCUT2D eigenvalue weighted by Gasteiger charge is 2.21. The summed E-state index contributed by atoms with van der Waals surface area (Å²) in [7, 11) is 0. The molecular formula is C21H24N4O2S2. The predicted octanol–water partition coefficient (Wildman–Crippen LogP) is 3.98. The molecule has 0 unspecified atom stereocenters. The van der Waals surface area contributed by atoms with Gasteiger partial charge in [-0.3, -0.25) is 9.36 Å². The van der Waals surface area contributed by atoms with E-state index in [2.05, 4.69) is 43.9 Å². The van der Waals surface area contributed by atoms with Gasteiger partial charge in [0.1, 0.15) is 0 Å². The van der Waals surface area contributed by atoms with E-state index in [1.165, 1.54) is 16.9 Å². The largest absolute Gasteiger partial charge is 0.378 e. The Morgan fingerprint density at radius 1 is 1.10 bits per heavy atom. The third-order valence-corrected chi connectivity index (χ3v) is 6.71. The standard InChI is InChI=1S/C21H24N4O2S2/c26-18(19-9-5-14-28-19)8-4-15-29-21-23-22-20(24-10-12-27-13-11-24)25(21)16-17-6-2-1-3-7-17/h1-3,5-7,9,14H,4,8,10-13,15-16H2. The normalized spacial score (nSPS) is 14.3. The van der Waals surface area contributed by atoms with Gasteiger partial charge in [-0.2, -0.15) is 0 Å². The van der Waals surface area contributed by atoms with Crippen molar-refractivity contribution in [2.45, 2.75) is 24.5 Å². The molecule has 0 bridgehead atoms. The first-order chi connectivity index (χ1) is 14.3. The maximum absolute atomic E-state index is 12.2. The first kappa shape index (κ1) is 20.1. The molecule has 4 rings (SSSR count). The van der Waals surface area contributed by atoms with Crippen molar-refractivity contribution < 1.29 is 9.53 Å². The number of thiophene rings is 1. The second kappa shape index (κ2) is 10.0. The van der Waals surface area contributed by atoms with Crippen LogP contribution in [0.15, 0.2) is 53.0 Å². The van der Waals surface area contributed by atoms with Crippen molar-refractivity contribution in [1.29, 1.82) is 0 Å². The summed E-state index contributed by atoms with van der Waals surface area (Å²) in [6.45, 7) is 3.81. The van der Waals surface area contributed by atoms with Crippen LogP contribution in [0, 0.1) is 0 Å². The molecule has 3 heterocycles. The number of carbonyl (C=O) groups is 1. The summed E-state index contributed by atoms with van der Waals surface area (Å²) in [6, 6.07) is 14.2. The number of aromatic nitrogens is 3. The summed E-state index contributed by atoms with van der Waals surface area (Å²) < 4.78 is 7.67. The monoisotopic (exact) mass is 428 g/mol. The Hall–Kier alpha value is -2.16. The Kier molecular flexibility index (Phi) is 6.97. The van der Waals surface area contributed by atoms with Gasteiger partial charge in [0.2, 0.25) is 5.95 Å². The Labute approximate surface area is 178 Å². The predicted molar refractivity (Wildman–Crippen MR) is 117 cm³/mol. The molecule has 1 fully saturated rings. The van der Waals surface area contributed by atoms with Crippen LogP contribution in [0.1, 0.15) is 28.1 Å². The van der Waals surface area contributed by atoms with Gasteiger partial charge >= 0.3 is 0 Å². The SMILES string of the molecule is O=C(CCCSc1nnc(N2CCOCC2)n1Cc1ccccc1)c1cccs1. The van der Waals surface area contributed by atoms with E-state index in [4.69, 9.17) is 4.74 Å². The van der Waals surface area contributed by atoms with Crippen LogP contribution in [0.3, 0.4) is 0 Å². The number of rotatable bonds is 9. The molecule has 2 aromatic heterocycles. The van der Waals surface area contributed by atoms with Crippen LogP contribution in [0.25, 0.3) is 0 Å². The lowest BCUT2D eigenvalue weighted by molar-refractivity contribution is 0.0986. The van der Waals surface area contributed by atoms with Crippen molar-refractivity contribution in [1.82, 2.24) is 14.8 Å². The molecule has 1 aromatic carbocycles. The highest BCUT2D eigenvalue weighted by Crippen LogP contribution is 2.25. The first-order valence-corrected chi connectivity index (χ1v) is 11.7. The lowest BCUT2D eigenvalue weighted by Gasteiger charge is -2.28. The summed E-state index contributed by atoms with van der Waals surface area (Å²) in [6.07, 6.45) is 1.39. The van der Waals surface area contributed by atoms with E-state index in [9.17, 15) is 4.79 Å². The molecule has 0 atom stereocenters. The van der Waals surface area contributed by atoms with E-state index >= 15 is 0 Å². The van der Waals surface area contributed by atoms with E-state index in [1.807, 2.05) is 23.6 Å². The number of ketones is 1. The second-order valence-electron chi connectivity index (χ2n) is 6.81. The summed E-state index contributed by atoms with van der Waals surface area (Å²) in [5.74, 6) is 1.96. The fourth-order valence-electron chi connectivity index (χ4n) is 3.25. The zero-order valence-corrected chi connectivity index (χ0v) is 17.8. The van der Waals surface area contributed by atoms with Crippen molar-refractivity contribution in [3.05, 3.63) is 58.3 Å². The molecule has 0 amide bonds. The minimum Gasteiger partial charge on any atom is -0.378 e. The van der Waals surface area contributed by atoms with Crippen LogP contribution in [0.5, 0.6) is 0 Å². The van der Waals surface area contributed by atoms with Gasteiger partial charge in [0.05, 0.1) is 24.6 Å². The lowest BCUT2D eigenvalue weighted by Crippen LogP contribution is -2.38.